The van der Waals surface area contributed by atoms with Gasteiger partial charge < -0.3 is 9.80 Å². The molecule has 7 aromatic carbocycles. The van der Waals surface area contributed by atoms with Crippen LogP contribution in [0.3, 0.4) is 0 Å². The summed E-state index contributed by atoms with van der Waals surface area (Å²) in [6.45, 7) is 28.0. The zero-order valence-corrected chi connectivity index (χ0v) is 38.3. The van der Waals surface area contributed by atoms with E-state index in [4.69, 9.17) is 0 Å². The van der Waals surface area contributed by atoms with Crippen LogP contribution in [0.25, 0.3) is 22.3 Å². The summed E-state index contributed by atoms with van der Waals surface area (Å²) in [6, 6.07) is 54.1. The largest absolute Gasteiger partial charge is 0.311 e. The van der Waals surface area contributed by atoms with Gasteiger partial charge in [0.1, 0.15) is 0 Å². The Morgan fingerprint density at radius 3 is 1.61 bits per heavy atom. The fraction of sp³-hybridized carbons (Fsp3) is 0.276. The zero-order valence-electron chi connectivity index (χ0n) is 38.3. The molecule has 0 atom stereocenters. The molecule has 0 radical (unpaired) electrons. The van der Waals surface area contributed by atoms with E-state index in [2.05, 4.69) is 232 Å². The van der Waals surface area contributed by atoms with Crippen molar-refractivity contribution in [1.29, 1.82) is 0 Å². The molecular formula is C58H59BN2. The lowest BCUT2D eigenvalue weighted by Gasteiger charge is -2.45. The van der Waals surface area contributed by atoms with Gasteiger partial charge in [-0.15, -0.1) is 0 Å². The summed E-state index contributed by atoms with van der Waals surface area (Å²) in [4.78, 5) is 5.12. The van der Waals surface area contributed by atoms with Crippen LogP contribution >= 0.6 is 0 Å². The van der Waals surface area contributed by atoms with Crippen LogP contribution in [0.2, 0.25) is 0 Å². The molecule has 0 unspecified atom stereocenters. The molecule has 10 rings (SSSR count). The molecule has 0 fully saturated rings. The van der Waals surface area contributed by atoms with Crippen molar-refractivity contribution in [2.24, 2.45) is 0 Å². The lowest BCUT2D eigenvalue weighted by atomic mass is 9.33. The summed E-state index contributed by atoms with van der Waals surface area (Å²) in [5.74, 6) is 0. The maximum absolute atomic E-state index is 2.56. The Labute approximate surface area is 365 Å². The van der Waals surface area contributed by atoms with Gasteiger partial charge in [-0.1, -0.05) is 167 Å². The molecule has 0 saturated carbocycles. The predicted molar refractivity (Wildman–Crippen MR) is 264 cm³/mol. The molecular weight excluding hydrogens is 735 g/mol. The highest BCUT2D eigenvalue weighted by molar-refractivity contribution is 7.00. The van der Waals surface area contributed by atoms with E-state index in [1.807, 2.05) is 0 Å². The molecule has 1 aliphatic carbocycles. The molecule has 0 N–H and O–H groups in total. The van der Waals surface area contributed by atoms with Gasteiger partial charge in [-0.3, -0.25) is 0 Å². The summed E-state index contributed by atoms with van der Waals surface area (Å²) in [5, 5.41) is 0. The molecule has 61 heavy (non-hydrogen) atoms. The van der Waals surface area contributed by atoms with Crippen LogP contribution < -0.4 is 26.2 Å². The minimum absolute atomic E-state index is 0.00108. The maximum Gasteiger partial charge on any atom is 0.252 e. The van der Waals surface area contributed by atoms with Crippen molar-refractivity contribution in [3.05, 3.63) is 173 Å². The number of fused-ring (bicyclic) bond motifs is 7. The number of aryl methyl sites for hydroxylation is 1. The van der Waals surface area contributed by atoms with Gasteiger partial charge in [-0.05, 0) is 144 Å². The van der Waals surface area contributed by atoms with Gasteiger partial charge in [-0.25, -0.2) is 0 Å². The van der Waals surface area contributed by atoms with Crippen molar-refractivity contribution in [2.45, 2.75) is 105 Å². The second kappa shape index (κ2) is 13.4. The average Bonchev–Trinajstić information content (AvgIpc) is 3.45. The van der Waals surface area contributed by atoms with E-state index < -0.39 is 0 Å². The van der Waals surface area contributed by atoms with Crippen molar-refractivity contribution in [2.75, 3.05) is 9.80 Å². The second-order valence-corrected chi connectivity index (χ2v) is 21.6. The van der Waals surface area contributed by atoms with Crippen LogP contribution in [-0.2, 0) is 21.7 Å². The predicted octanol–water partition coefficient (Wildman–Crippen LogP) is 13.9. The van der Waals surface area contributed by atoms with Gasteiger partial charge in [0, 0.05) is 39.5 Å². The molecule has 3 heteroatoms. The van der Waals surface area contributed by atoms with E-state index in [9.17, 15) is 0 Å². The van der Waals surface area contributed by atoms with Crippen LogP contribution in [0.4, 0.5) is 34.1 Å². The van der Waals surface area contributed by atoms with E-state index in [0.717, 1.165) is 0 Å². The molecule has 3 aliphatic rings. The molecule has 0 amide bonds. The van der Waals surface area contributed by atoms with Gasteiger partial charge in [0.2, 0.25) is 0 Å². The van der Waals surface area contributed by atoms with Gasteiger partial charge in [0.05, 0.1) is 0 Å². The van der Waals surface area contributed by atoms with Crippen LogP contribution in [0.1, 0.15) is 110 Å². The first-order valence-corrected chi connectivity index (χ1v) is 22.3. The molecule has 0 aromatic heterocycles. The van der Waals surface area contributed by atoms with E-state index >= 15 is 0 Å². The van der Waals surface area contributed by atoms with Crippen molar-refractivity contribution < 1.29 is 0 Å². The Kier molecular flexibility index (Phi) is 8.61. The molecule has 2 nitrogen and oxygen atoms in total. The minimum Gasteiger partial charge on any atom is -0.311 e. The molecule has 0 spiro atoms. The van der Waals surface area contributed by atoms with E-state index in [1.54, 1.807) is 0 Å². The molecule has 7 aromatic rings. The Hall–Kier alpha value is -5.80. The number of benzene rings is 7. The van der Waals surface area contributed by atoms with E-state index in [1.165, 1.54) is 106 Å². The van der Waals surface area contributed by atoms with E-state index in [-0.39, 0.29) is 28.4 Å². The summed E-state index contributed by atoms with van der Waals surface area (Å²) < 4.78 is 0. The highest BCUT2D eigenvalue weighted by Gasteiger charge is 2.44. The third kappa shape index (κ3) is 6.13. The molecule has 2 heterocycles. The van der Waals surface area contributed by atoms with E-state index in [0.29, 0.717) is 0 Å². The second-order valence-electron chi connectivity index (χ2n) is 21.6. The Balaban J connectivity index is 1.20. The normalized spacial score (nSPS) is 14.9. The smallest absolute Gasteiger partial charge is 0.252 e. The number of anilines is 6. The van der Waals surface area contributed by atoms with Crippen LogP contribution in [0.5, 0.6) is 0 Å². The maximum atomic E-state index is 2.56. The van der Waals surface area contributed by atoms with Crippen molar-refractivity contribution in [3.8, 4) is 22.3 Å². The number of rotatable bonds is 3. The average molecular weight is 795 g/mol. The monoisotopic (exact) mass is 794 g/mol. The van der Waals surface area contributed by atoms with Gasteiger partial charge in [-0.2, -0.15) is 0 Å². The SMILES string of the molecule is Cc1cc2c3c(c1)N(c1ccc(C(C)(C)C)cc1)c1cc(C(C)(C)C)ccc1B3c1cc(C(C)(C)C)ccc1N2c1ccc(-c2cccc3c2-c2ccccc2C3(C)C)cc1. The summed E-state index contributed by atoms with van der Waals surface area (Å²) in [5.41, 5.74) is 24.9. The summed E-state index contributed by atoms with van der Waals surface area (Å²) in [6.07, 6.45) is 0. The standard InChI is InChI=1S/C58H59BN2/c1-36-32-51-54-52(33-36)61(42-28-22-38(23-29-42)55(2,3)4)50-35-40(57(8,9)10)24-30-47(50)59(54)48-34-39(56(5,6)7)25-31-49(48)60(51)41-26-20-37(21-27-41)43-17-15-19-46-53(43)44-16-13-14-18-45(44)58(46,11)12/h13-35H,1-12H3. The lowest BCUT2D eigenvalue weighted by Crippen LogP contribution is -2.61. The zero-order chi connectivity index (χ0) is 43.0. The molecule has 0 bridgehead atoms. The van der Waals surface area contributed by atoms with Gasteiger partial charge in [0.25, 0.3) is 6.71 Å². The van der Waals surface area contributed by atoms with Crippen molar-refractivity contribution in [1.82, 2.24) is 0 Å². The number of hydrogen-bond donors (Lipinski definition) is 0. The van der Waals surface area contributed by atoms with Gasteiger partial charge in [0.15, 0.2) is 0 Å². The van der Waals surface area contributed by atoms with Crippen LogP contribution in [-0.4, -0.2) is 6.71 Å². The fourth-order valence-electron chi connectivity index (χ4n) is 10.5. The first kappa shape index (κ1) is 39.3. The Morgan fingerprint density at radius 2 is 0.967 bits per heavy atom. The first-order chi connectivity index (χ1) is 28.8. The number of nitrogens with zero attached hydrogens (tertiary/aromatic N) is 2. The van der Waals surface area contributed by atoms with Crippen LogP contribution in [0, 0.1) is 6.92 Å². The highest BCUT2D eigenvalue weighted by atomic mass is 15.2. The Bertz CT molecular complexity index is 2890. The van der Waals surface area contributed by atoms with Gasteiger partial charge >= 0.3 is 0 Å². The van der Waals surface area contributed by atoms with Crippen molar-refractivity contribution >= 4 is 57.2 Å². The first-order valence-electron chi connectivity index (χ1n) is 22.3. The summed E-state index contributed by atoms with van der Waals surface area (Å²) in [7, 11) is 0. The fourth-order valence-corrected chi connectivity index (χ4v) is 10.5. The summed E-state index contributed by atoms with van der Waals surface area (Å²) >= 11 is 0. The lowest BCUT2D eigenvalue weighted by molar-refractivity contribution is 0.590. The Morgan fingerprint density at radius 1 is 0.443 bits per heavy atom. The van der Waals surface area contributed by atoms with Crippen LogP contribution in [0.15, 0.2) is 140 Å². The third-order valence-electron chi connectivity index (χ3n) is 14.0. The highest BCUT2D eigenvalue weighted by Crippen LogP contribution is 2.52. The molecule has 304 valence electrons. The molecule has 0 saturated heterocycles. The van der Waals surface area contributed by atoms with Crippen molar-refractivity contribution in [3.63, 3.8) is 0 Å². The topological polar surface area (TPSA) is 6.48 Å². The molecule has 2 aliphatic heterocycles. The quantitative estimate of drug-likeness (QED) is 0.164. The minimum atomic E-state index is -0.0401. The third-order valence-corrected chi connectivity index (χ3v) is 14.0. The number of hydrogen-bond acceptors (Lipinski definition) is 2.